The van der Waals surface area contributed by atoms with Crippen molar-refractivity contribution < 1.29 is 4.74 Å². The fourth-order valence-electron chi connectivity index (χ4n) is 1.53. The first kappa shape index (κ1) is 12.5. The summed E-state index contributed by atoms with van der Waals surface area (Å²) in [7, 11) is 1.74. The number of hydrogen-bond acceptors (Lipinski definition) is 4. The van der Waals surface area contributed by atoms with E-state index >= 15 is 0 Å². The van der Waals surface area contributed by atoms with Gasteiger partial charge in [-0.1, -0.05) is 0 Å². The fraction of sp³-hybridized carbons (Fsp3) is 0.833. The van der Waals surface area contributed by atoms with Gasteiger partial charge in [0.1, 0.15) is 6.33 Å². The summed E-state index contributed by atoms with van der Waals surface area (Å²) in [6, 6.07) is 0.703. The highest BCUT2D eigenvalue weighted by Gasteiger charge is 2.21. The van der Waals surface area contributed by atoms with Gasteiger partial charge in [0.25, 0.3) is 0 Å². The maximum absolute atomic E-state index is 5.38. The second-order valence-electron chi connectivity index (χ2n) is 5.29. The van der Waals surface area contributed by atoms with Crippen LogP contribution in [0.2, 0.25) is 0 Å². The largest absolute Gasteiger partial charge is 0.379 e. The van der Waals surface area contributed by atoms with E-state index in [1.54, 1.807) is 13.4 Å². The number of hydrogen-bond donors (Lipinski definition) is 1. The molecular weight excluding hydrogens is 216 g/mol. The molecule has 1 aromatic rings. The quantitative estimate of drug-likeness (QED) is 0.779. The van der Waals surface area contributed by atoms with E-state index in [1.807, 2.05) is 4.68 Å². The molecular formula is C12H22N4O. The Labute approximate surface area is 103 Å². The van der Waals surface area contributed by atoms with Crippen molar-refractivity contribution in [3.8, 4) is 0 Å². The minimum absolute atomic E-state index is 0.0988. The normalized spacial score (nSPS) is 16.4. The van der Waals surface area contributed by atoms with Crippen molar-refractivity contribution in [1.82, 2.24) is 20.1 Å². The molecule has 0 aliphatic heterocycles. The first-order valence-corrected chi connectivity index (χ1v) is 6.26. The Balaban J connectivity index is 1.76. The molecule has 0 radical (unpaired) electrons. The summed E-state index contributed by atoms with van der Waals surface area (Å²) in [5, 5.41) is 7.84. The smallest absolute Gasteiger partial charge is 0.164 e. The Morgan fingerprint density at radius 1 is 1.53 bits per heavy atom. The van der Waals surface area contributed by atoms with E-state index in [9.17, 15) is 0 Å². The van der Waals surface area contributed by atoms with Crippen LogP contribution in [0.25, 0.3) is 0 Å². The van der Waals surface area contributed by atoms with E-state index in [0.717, 1.165) is 25.3 Å². The second-order valence-corrected chi connectivity index (χ2v) is 5.29. The fourth-order valence-corrected chi connectivity index (χ4v) is 1.53. The van der Waals surface area contributed by atoms with Crippen molar-refractivity contribution in [2.24, 2.45) is 0 Å². The summed E-state index contributed by atoms with van der Waals surface area (Å²) in [4.78, 5) is 4.29. The van der Waals surface area contributed by atoms with Crippen molar-refractivity contribution in [2.75, 3.05) is 7.11 Å². The van der Waals surface area contributed by atoms with E-state index in [0.29, 0.717) is 6.04 Å². The molecule has 96 valence electrons. The Bertz CT molecular complexity index is 357. The molecule has 5 heteroatoms. The Kier molecular flexibility index (Phi) is 3.79. The van der Waals surface area contributed by atoms with E-state index < -0.39 is 0 Å². The lowest BCUT2D eigenvalue weighted by Crippen LogP contribution is -2.24. The van der Waals surface area contributed by atoms with Gasteiger partial charge >= 0.3 is 0 Å². The monoisotopic (exact) mass is 238 g/mol. The molecule has 1 saturated carbocycles. The molecule has 0 bridgehead atoms. The van der Waals surface area contributed by atoms with Crippen LogP contribution < -0.4 is 5.32 Å². The molecule has 0 amide bonds. The first-order chi connectivity index (χ1) is 8.09. The third kappa shape index (κ3) is 4.09. The van der Waals surface area contributed by atoms with Crippen LogP contribution in [0.4, 0.5) is 0 Å². The van der Waals surface area contributed by atoms with E-state index in [2.05, 4.69) is 29.2 Å². The van der Waals surface area contributed by atoms with Gasteiger partial charge in [0, 0.05) is 19.7 Å². The predicted octanol–water partition coefficient (Wildman–Crippen LogP) is 1.35. The molecule has 1 fully saturated rings. The highest BCUT2D eigenvalue weighted by Crippen LogP contribution is 2.18. The van der Waals surface area contributed by atoms with Gasteiger partial charge in [0.05, 0.1) is 12.1 Å². The Morgan fingerprint density at radius 2 is 2.29 bits per heavy atom. The van der Waals surface area contributed by atoms with Crippen LogP contribution in [0.3, 0.4) is 0 Å². The lowest BCUT2D eigenvalue weighted by atomic mass is 10.1. The molecule has 0 spiro atoms. The number of aryl methyl sites for hydroxylation is 1. The molecule has 0 atom stereocenters. The molecule has 5 nitrogen and oxygen atoms in total. The van der Waals surface area contributed by atoms with Crippen LogP contribution in [0.5, 0.6) is 0 Å². The predicted molar refractivity (Wildman–Crippen MR) is 65.6 cm³/mol. The highest BCUT2D eigenvalue weighted by atomic mass is 16.5. The summed E-state index contributed by atoms with van der Waals surface area (Å²) in [6.07, 6.45) is 5.32. The summed E-state index contributed by atoms with van der Waals surface area (Å²) in [5.41, 5.74) is -0.0988. The van der Waals surface area contributed by atoms with Crippen molar-refractivity contribution in [3.05, 3.63) is 12.2 Å². The summed E-state index contributed by atoms with van der Waals surface area (Å²) in [5.74, 6) is 0.882. The molecule has 2 rings (SSSR count). The van der Waals surface area contributed by atoms with Crippen LogP contribution in [0.15, 0.2) is 6.33 Å². The molecule has 0 saturated heterocycles. The van der Waals surface area contributed by atoms with Crippen LogP contribution >= 0.6 is 0 Å². The zero-order valence-electron chi connectivity index (χ0n) is 10.9. The molecule has 1 aliphatic rings. The molecule has 1 aliphatic carbocycles. The maximum atomic E-state index is 5.38. The van der Waals surface area contributed by atoms with E-state index in [4.69, 9.17) is 4.74 Å². The standard InChI is InChI=1S/C12H22N4O/c1-12(2,17-3)6-7-16-9-14-11(15-16)8-13-10-4-5-10/h9-10,13H,4-8H2,1-3H3. The molecule has 0 aromatic carbocycles. The van der Waals surface area contributed by atoms with Crippen molar-refractivity contribution in [2.45, 2.75) is 57.8 Å². The number of nitrogens with one attached hydrogen (secondary N) is 1. The minimum atomic E-state index is -0.0988. The van der Waals surface area contributed by atoms with Gasteiger partial charge < -0.3 is 10.1 Å². The third-order valence-electron chi connectivity index (χ3n) is 3.21. The van der Waals surface area contributed by atoms with Crippen molar-refractivity contribution in [3.63, 3.8) is 0 Å². The topological polar surface area (TPSA) is 52.0 Å². The van der Waals surface area contributed by atoms with Gasteiger partial charge in [-0.05, 0) is 33.1 Å². The molecule has 0 unspecified atom stereocenters. The Morgan fingerprint density at radius 3 is 2.94 bits per heavy atom. The summed E-state index contributed by atoms with van der Waals surface area (Å²) in [6.45, 7) is 5.79. The average molecular weight is 238 g/mol. The molecule has 17 heavy (non-hydrogen) atoms. The van der Waals surface area contributed by atoms with Gasteiger partial charge in [0.15, 0.2) is 5.82 Å². The SMILES string of the molecule is COC(C)(C)CCn1cnc(CNC2CC2)n1. The van der Waals surface area contributed by atoms with Crippen LogP contribution in [0, 0.1) is 0 Å². The molecule has 1 aromatic heterocycles. The van der Waals surface area contributed by atoms with Crippen LogP contribution in [0.1, 0.15) is 38.9 Å². The lowest BCUT2D eigenvalue weighted by Gasteiger charge is -2.22. The zero-order chi connectivity index (χ0) is 12.3. The highest BCUT2D eigenvalue weighted by molar-refractivity contribution is 4.87. The van der Waals surface area contributed by atoms with Gasteiger partial charge in [-0.2, -0.15) is 5.10 Å². The maximum Gasteiger partial charge on any atom is 0.164 e. The van der Waals surface area contributed by atoms with Crippen molar-refractivity contribution >= 4 is 0 Å². The number of nitrogens with zero attached hydrogens (tertiary/aromatic N) is 3. The summed E-state index contributed by atoms with van der Waals surface area (Å²) >= 11 is 0. The summed E-state index contributed by atoms with van der Waals surface area (Å²) < 4.78 is 7.27. The first-order valence-electron chi connectivity index (χ1n) is 6.26. The molecule has 1 heterocycles. The van der Waals surface area contributed by atoms with E-state index in [1.165, 1.54) is 12.8 Å². The lowest BCUT2D eigenvalue weighted by molar-refractivity contribution is 0.0113. The van der Waals surface area contributed by atoms with E-state index in [-0.39, 0.29) is 5.60 Å². The van der Waals surface area contributed by atoms with Crippen molar-refractivity contribution in [1.29, 1.82) is 0 Å². The number of aromatic nitrogens is 3. The number of methoxy groups -OCH3 is 1. The average Bonchev–Trinajstić information content (AvgIpc) is 3.03. The third-order valence-corrected chi connectivity index (χ3v) is 3.21. The Hall–Kier alpha value is -0.940. The van der Waals surface area contributed by atoms with Gasteiger partial charge in [-0.3, -0.25) is 4.68 Å². The molecule has 1 N–H and O–H groups in total. The number of ether oxygens (including phenoxy) is 1. The van der Waals surface area contributed by atoms with Gasteiger partial charge in [-0.15, -0.1) is 0 Å². The van der Waals surface area contributed by atoms with Gasteiger partial charge in [-0.25, -0.2) is 4.98 Å². The van der Waals surface area contributed by atoms with Gasteiger partial charge in [0.2, 0.25) is 0 Å². The van der Waals surface area contributed by atoms with Crippen LogP contribution in [-0.2, 0) is 17.8 Å². The minimum Gasteiger partial charge on any atom is -0.379 e. The number of rotatable bonds is 7. The van der Waals surface area contributed by atoms with Crippen LogP contribution in [-0.4, -0.2) is 33.5 Å². The zero-order valence-corrected chi connectivity index (χ0v) is 10.9. The second kappa shape index (κ2) is 5.14.